The van der Waals surface area contributed by atoms with E-state index in [1.165, 1.54) is 29.4 Å². The highest BCUT2D eigenvalue weighted by Gasteiger charge is 2.25. The van der Waals surface area contributed by atoms with Gasteiger partial charge in [-0.3, -0.25) is 0 Å². The highest BCUT2D eigenvalue weighted by molar-refractivity contribution is 7.26. The number of rotatable bonds is 2. The van der Waals surface area contributed by atoms with Crippen molar-refractivity contribution in [1.82, 2.24) is 25.7 Å². The van der Waals surface area contributed by atoms with Gasteiger partial charge in [-0.25, -0.2) is 4.98 Å². The molecule has 1 aliphatic heterocycles. The fourth-order valence-corrected chi connectivity index (χ4v) is 5.36. The van der Waals surface area contributed by atoms with Crippen molar-refractivity contribution in [3.63, 3.8) is 0 Å². The quantitative estimate of drug-likeness (QED) is 0.741. The summed E-state index contributed by atoms with van der Waals surface area (Å²) < 4.78 is 1.13. The Hall–Kier alpha value is -2.06. The second-order valence-corrected chi connectivity index (χ2v) is 8.30. The van der Waals surface area contributed by atoms with Crippen LogP contribution in [0.15, 0.2) is 0 Å². The molecule has 5 rings (SSSR count). The van der Waals surface area contributed by atoms with Crippen molar-refractivity contribution < 1.29 is 0 Å². The summed E-state index contributed by atoms with van der Waals surface area (Å²) in [6.45, 7) is 3.87. The average molecular weight is 369 g/mol. The van der Waals surface area contributed by atoms with Gasteiger partial charge in [0.25, 0.3) is 0 Å². The molecular formula is C18H23N7S. The van der Waals surface area contributed by atoms with Crippen molar-refractivity contribution >= 4 is 43.4 Å². The lowest BCUT2D eigenvalue weighted by molar-refractivity contribution is 0.583. The third kappa shape index (κ3) is 2.43. The normalized spacial score (nSPS) is 17.7. The number of nitrogens with zero attached hydrogens (tertiary/aromatic N) is 6. The third-order valence-electron chi connectivity index (χ3n) is 5.44. The van der Waals surface area contributed by atoms with Crippen LogP contribution >= 0.6 is 11.3 Å². The summed E-state index contributed by atoms with van der Waals surface area (Å²) in [6, 6.07) is 0. The van der Waals surface area contributed by atoms with E-state index in [1.807, 2.05) is 0 Å². The summed E-state index contributed by atoms with van der Waals surface area (Å²) >= 11 is 1.72. The SMILES string of the molecule is CN(C)c1nc2sc3c(N4CCNCC4)nnnc3c2c2c1CCCC2. The number of piperazine rings is 1. The lowest BCUT2D eigenvalue weighted by Gasteiger charge is -2.27. The van der Waals surface area contributed by atoms with Gasteiger partial charge in [0, 0.05) is 45.7 Å². The number of nitrogens with one attached hydrogen (secondary N) is 1. The number of thiophene rings is 1. The minimum absolute atomic E-state index is 0.955. The molecule has 0 unspecified atom stereocenters. The first-order valence-corrected chi connectivity index (χ1v) is 10.2. The van der Waals surface area contributed by atoms with E-state index in [2.05, 4.69) is 44.6 Å². The Morgan fingerprint density at radius 3 is 2.58 bits per heavy atom. The second-order valence-electron chi connectivity index (χ2n) is 7.30. The highest BCUT2D eigenvalue weighted by Crippen LogP contribution is 2.42. The van der Waals surface area contributed by atoms with E-state index in [9.17, 15) is 0 Å². The molecule has 0 amide bonds. The van der Waals surface area contributed by atoms with E-state index in [1.54, 1.807) is 11.3 Å². The number of aromatic nitrogens is 4. The maximum absolute atomic E-state index is 5.03. The Kier molecular flexibility index (Phi) is 3.90. The van der Waals surface area contributed by atoms with Gasteiger partial charge in [-0.1, -0.05) is 0 Å². The molecule has 0 aromatic carbocycles. The molecule has 136 valence electrons. The standard InChI is InChI=1S/C18H23N7S/c1-24(2)16-12-6-4-3-5-11(12)13-14-15(26-18(13)20-16)17(22-23-21-14)25-9-7-19-8-10-25/h19H,3-10H2,1-2H3. The zero-order chi connectivity index (χ0) is 17.7. The van der Waals surface area contributed by atoms with Crippen molar-refractivity contribution in [2.45, 2.75) is 25.7 Å². The summed E-state index contributed by atoms with van der Waals surface area (Å²) in [5.74, 6) is 2.08. The maximum atomic E-state index is 5.03. The maximum Gasteiger partial charge on any atom is 0.172 e. The lowest BCUT2D eigenvalue weighted by atomic mass is 9.90. The van der Waals surface area contributed by atoms with Crippen molar-refractivity contribution in [2.24, 2.45) is 0 Å². The van der Waals surface area contributed by atoms with Crippen LogP contribution in [0.25, 0.3) is 20.4 Å². The predicted molar refractivity (Wildman–Crippen MR) is 107 cm³/mol. The van der Waals surface area contributed by atoms with E-state index in [-0.39, 0.29) is 0 Å². The summed E-state index contributed by atoms with van der Waals surface area (Å²) in [5, 5.41) is 17.6. The van der Waals surface area contributed by atoms with Crippen molar-refractivity contribution in [2.75, 3.05) is 50.1 Å². The molecular weight excluding hydrogens is 346 g/mol. The van der Waals surface area contributed by atoms with Crippen LogP contribution in [-0.4, -0.2) is 60.7 Å². The molecule has 0 radical (unpaired) electrons. The summed E-state index contributed by atoms with van der Waals surface area (Å²) in [6.07, 6.45) is 4.68. The fourth-order valence-electron chi connectivity index (χ4n) is 4.21. The summed E-state index contributed by atoms with van der Waals surface area (Å²) in [5.41, 5.74) is 3.82. The number of hydrogen-bond acceptors (Lipinski definition) is 8. The van der Waals surface area contributed by atoms with Gasteiger partial charge in [0.2, 0.25) is 0 Å². The first kappa shape index (κ1) is 16.1. The average Bonchev–Trinajstić information content (AvgIpc) is 3.06. The molecule has 0 atom stereocenters. The Morgan fingerprint density at radius 2 is 1.81 bits per heavy atom. The second kappa shape index (κ2) is 6.28. The van der Waals surface area contributed by atoms with Crippen molar-refractivity contribution in [1.29, 1.82) is 0 Å². The smallest absolute Gasteiger partial charge is 0.172 e. The van der Waals surface area contributed by atoms with E-state index in [0.29, 0.717) is 0 Å². The Balaban J connectivity index is 1.79. The Labute approximate surface area is 156 Å². The van der Waals surface area contributed by atoms with Gasteiger partial charge in [0.05, 0.1) is 0 Å². The van der Waals surface area contributed by atoms with Crippen LogP contribution in [0, 0.1) is 0 Å². The predicted octanol–water partition coefficient (Wildman–Crippen LogP) is 1.99. The van der Waals surface area contributed by atoms with Crippen LogP contribution < -0.4 is 15.1 Å². The lowest BCUT2D eigenvalue weighted by Crippen LogP contribution is -2.44. The molecule has 1 fully saturated rings. The van der Waals surface area contributed by atoms with Crippen LogP contribution in [0.1, 0.15) is 24.0 Å². The molecule has 1 saturated heterocycles. The van der Waals surface area contributed by atoms with Gasteiger partial charge in [-0.15, -0.1) is 21.5 Å². The minimum atomic E-state index is 0.955. The molecule has 26 heavy (non-hydrogen) atoms. The number of aryl methyl sites for hydroxylation is 1. The van der Waals surface area contributed by atoms with Gasteiger partial charge < -0.3 is 15.1 Å². The van der Waals surface area contributed by atoms with Gasteiger partial charge in [-0.2, -0.15) is 0 Å². The van der Waals surface area contributed by atoms with E-state index < -0.39 is 0 Å². The Morgan fingerprint density at radius 1 is 1.04 bits per heavy atom. The molecule has 3 aromatic heterocycles. The van der Waals surface area contributed by atoms with Gasteiger partial charge in [0.15, 0.2) is 5.82 Å². The topological polar surface area (TPSA) is 70.1 Å². The first-order valence-electron chi connectivity index (χ1n) is 9.34. The molecule has 0 spiro atoms. The molecule has 0 saturated carbocycles. The van der Waals surface area contributed by atoms with Crippen LogP contribution in [0.5, 0.6) is 0 Å². The number of fused-ring (bicyclic) bond motifs is 5. The summed E-state index contributed by atoms with van der Waals surface area (Å²) in [4.78, 5) is 10.6. The van der Waals surface area contributed by atoms with Crippen LogP contribution in [0.3, 0.4) is 0 Å². The molecule has 3 aromatic rings. The molecule has 1 N–H and O–H groups in total. The van der Waals surface area contributed by atoms with Crippen molar-refractivity contribution in [3.05, 3.63) is 11.1 Å². The summed E-state index contributed by atoms with van der Waals surface area (Å²) in [7, 11) is 4.17. The van der Waals surface area contributed by atoms with E-state index in [0.717, 1.165) is 65.7 Å². The minimum Gasteiger partial charge on any atom is -0.362 e. The fraction of sp³-hybridized carbons (Fsp3) is 0.556. The van der Waals surface area contributed by atoms with Gasteiger partial charge >= 0.3 is 0 Å². The van der Waals surface area contributed by atoms with Gasteiger partial charge in [0.1, 0.15) is 20.9 Å². The van der Waals surface area contributed by atoms with E-state index in [4.69, 9.17) is 4.98 Å². The number of hydrogen-bond donors (Lipinski definition) is 1. The number of pyridine rings is 1. The number of anilines is 2. The zero-order valence-electron chi connectivity index (χ0n) is 15.2. The largest absolute Gasteiger partial charge is 0.362 e. The monoisotopic (exact) mass is 369 g/mol. The highest BCUT2D eigenvalue weighted by atomic mass is 32.1. The molecule has 2 aliphatic rings. The van der Waals surface area contributed by atoms with Gasteiger partial charge in [-0.05, 0) is 42.0 Å². The van der Waals surface area contributed by atoms with Crippen LogP contribution in [0.2, 0.25) is 0 Å². The van der Waals surface area contributed by atoms with Crippen LogP contribution in [0.4, 0.5) is 11.6 Å². The third-order valence-corrected chi connectivity index (χ3v) is 6.51. The molecule has 0 bridgehead atoms. The van der Waals surface area contributed by atoms with Crippen molar-refractivity contribution in [3.8, 4) is 0 Å². The van der Waals surface area contributed by atoms with Crippen LogP contribution in [-0.2, 0) is 12.8 Å². The molecule has 4 heterocycles. The van der Waals surface area contributed by atoms with E-state index >= 15 is 0 Å². The zero-order valence-corrected chi connectivity index (χ0v) is 16.1. The molecule has 7 nitrogen and oxygen atoms in total. The molecule has 1 aliphatic carbocycles. The first-order chi connectivity index (χ1) is 12.7. The molecule has 8 heteroatoms. The Bertz CT molecular complexity index is 975.